The molecule has 9 nitrogen and oxygen atoms in total. The molecule has 1 heterocycles. The summed E-state index contributed by atoms with van der Waals surface area (Å²) in [6.07, 6.45) is 1.34. The molecule has 0 saturated carbocycles. The highest BCUT2D eigenvalue weighted by Crippen LogP contribution is 2.27. The van der Waals surface area contributed by atoms with E-state index in [1.54, 1.807) is 31.4 Å². The number of amides is 1. The zero-order chi connectivity index (χ0) is 23.0. The second kappa shape index (κ2) is 10.0. The van der Waals surface area contributed by atoms with Gasteiger partial charge in [-0.3, -0.25) is 15.6 Å². The number of hydrogen-bond acceptors (Lipinski definition) is 8. The number of nitrogen functional groups attached to an aromatic ring is 1. The van der Waals surface area contributed by atoms with Crippen LogP contribution in [0.3, 0.4) is 0 Å². The highest BCUT2D eigenvalue weighted by Gasteiger charge is 2.11. The summed E-state index contributed by atoms with van der Waals surface area (Å²) < 4.78 is 10.9. The summed E-state index contributed by atoms with van der Waals surface area (Å²) in [5.74, 6) is 2.42. The van der Waals surface area contributed by atoms with Crippen molar-refractivity contribution < 1.29 is 14.3 Å². The maximum absolute atomic E-state index is 12.3. The van der Waals surface area contributed by atoms with E-state index in [2.05, 4.69) is 26.1 Å². The van der Waals surface area contributed by atoms with Crippen molar-refractivity contribution in [2.75, 3.05) is 23.6 Å². The molecular formula is C24H22N6O3. The molecule has 0 spiro atoms. The first-order valence-electron chi connectivity index (χ1n) is 10.0. The van der Waals surface area contributed by atoms with E-state index < -0.39 is 0 Å². The Morgan fingerprint density at radius 1 is 0.818 bits per heavy atom. The highest BCUT2D eigenvalue weighted by atomic mass is 16.5. The molecule has 0 aliphatic rings. The number of nitrogens with two attached hydrogens (primary N) is 1. The monoisotopic (exact) mass is 442 g/mol. The lowest BCUT2D eigenvalue weighted by Crippen LogP contribution is -2.30. The van der Waals surface area contributed by atoms with Gasteiger partial charge < -0.3 is 20.5 Å². The van der Waals surface area contributed by atoms with Crippen LogP contribution in [0.25, 0.3) is 0 Å². The first-order chi connectivity index (χ1) is 16.1. The van der Waals surface area contributed by atoms with Crippen molar-refractivity contribution in [2.24, 2.45) is 0 Å². The average molecular weight is 442 g/mol. The summed E-state index contributed by atoms with van der Waals surface area (Å²) in [6, 6.07) is 23.6. The van der Waals surface area contributed by atoms with Crippen molar-refractivity contribution in [1.29, 1.82) is 0 Å². The Bertz CT molecular complexity index is 1220. The summed E-state index contributed by atoms with van der Waals surface area (Å²) in [6.45, 7) is 0. The fourth-order valence-electron chi connectivity index (χ4n) is 2.89. The molecular weight excluding hydrogens is 420 g/mol. The second-order valence-corrected chi connectivity index (χ2v) is 6.86. The Morgan fingerprint density at radius 2 is 1.45 bits per heavy atom. The minimum Gasteiger partial charge on any atom is -0.497 e. The van der Waals surface area contributed by atoms with Crippen molar-refractivity contribution in [3.05, 3.63) is 90.8 Å². The van der Waals surface area contributed by atoms with Crippen LogP contribution in [0.15, 0.2) is 85.2 Å². The van der Waals surface area contributed by atoms with Crippen LogP contribution in [0.1, 0.15) is 10.4 Å². The van der Waals surface area contributed by atoms with Gasteiger partial charge in [0.2, 0.25) is 0 Å². The summed E-state index contributed by atoms with van der Waals surface area (Å²) >= 11 is 0. The van der Waals surface area contributed by atoms with Gasteiger partial charge in [0.1, 0.15) is 29.3 Å². The molecule has 0 aliphatic heterocycles. The zero-order valence-electron chi connectivity index (χ0n) is 17.8. The number of anilines is 4. The standard InChI is InChI=1S/C24H22N6O3/c1-32-18-11-7-16(8-12-18)24(31)30-29-23-21(25)22(26-15-27-23)28-17-9-13-20(14-10-17)33-19-5-3-2-4-6-19/h2-15H,25H2,1H3,(H,30,31)(H2,26,27,28,29). The predicted molar refractivity (Wildman–Crippen MR) is 127 cm³/mol. The summed E-state index contributed by atoms with van der Waals surface area (Å²) in [5, 5.41) is 3.14. The molecule has 0 bridgehead atoms. The SMILES string of the molecule is COc1ccc(C(=O)NNc2ncnc(Nc3ccc(Oc4ccccc4)cc3)c2N)cc1. The van der Waals surface area contributed by atoms with E-state index in [1.807, 2.05) is 54.6 Å². The van der Waals surface area contributed by atoms with E-state index in [-0.39, 0.29) is 17.4 Å². The number of rotatable bonds is 8. The number of carbonyl (C=O) groups is 1. The van der Waals surface area contributed by atoms with Gasteiger partial charge in [0.15, 0.2) is 11.6 Å². The molecule has 4 aromatic rings. The van der Waals surface area contributed by atoms with E-state index in [1.165, 1.54) is 6.33 Å². The number of methoxy groups -OCH3 is 1. The zero-order valence-corrected chi connectivity index (χ0v) is 17.8. The smallest absolute Gasteiger partial charge is 0.269 e. The van der Waals surface area contributed by atoms with Gasteiger partial charge in [-0.05, 0) is 60.7 Å². The van der Waals surface area contributed by atoms with E-state index in [4.69, 9.17) is 15.2 Å². The fraction of sp³-hybridized carbons (Fsp3) is 0.0417. The number of benzene rings is 3. The molecule has 0 atom stereocenters. The lowest BCUT2D eigenvalue weighted by molar-refractivity contribution is 0.0962. The van der Waals surface area contributed by atoms with Crippen molar-refractivity contribution in [3.8, 4) is 17.2 Å². The lowest BCUT2D eigenvalue weighted by atomic mass is 10.2. The van der Waals surface area contributed by atoms with Crippen molar-refractivity contribution in [2.45, 2.75) is 0 Å². The molecule has 1 aromatic heterocycles. The van der Waals surface area contributed by atoms with Crippen molar-refractivity contribution >= 4 is 28.9 Å². The van der Waals surface area contributed by atoms with Gasteiger partial charge in [-0.25, -0.2) is 9.97 Å². The minimum absolute atomic E-state index is 0.247. The Labute approximate surface area is 190 Å². The Kier molecular flexibility index (Phi) is 6.51. The molecule has 1 amide bonds. The Balaban J connectivity index is 1.38. The normalized spacial score (nSPS) is 10.2. The first kappa shape index (κ1) is 21.4. The quantitative estimate of drug-likeness (QED) is 0.297. The van der Waals surface area contributed by atoms with Gasteiger partial charge in [0, 0.05) is 11.3 Å². The predicted octanol–water partition coefficient (Wildman–Crippen LogP) is 4.36. The Hall–Kier alpha value is -4.79. The van der Waals surface area contributed by atoms with Crippen LogP contribution in [0, 0.1) is 0 Å². The largest absolute Gasteiger partial charge is 0.497 e. The number of hydrogen-bond donors (Lipinski definition) is 4. The third kappa shape index (κ3) is 5.47. The molecule has 5 N–H and O–H groups in total. The molecule has 0 radical (unpaired) electrons. The molecule has 9 heteroatoms. The number of hydrazine groups is 1. The topological polar surface area (TPSA) is 123 Å². The van der Waals surface area contributed by atoms with E-state index in [0.29, 0.717) is 22.9 Å². The molecule has 4 rings (SSSR count). The fourth-order valence-corrected chi connectivity index (χ4v) is 2.89. The molecule has 33 heavy (non-hydrogen) atoms. The van der Waals surface area contributed by atoms with E-state index in [9.17, 15) is 4.79 Å². The average Bonchev–Trinajstić information content (AvgIpc) is 2.86. The molecule has 0 unspecified atom stereocenters. The van der Waals surface area contributed by atoms with Crippen LogP contribution in [-0.4, -0.2) is 23.0 Å². The molecule has 0 saturated heterocycles. The highest BCUT2D eigenvalue weighted by molar-refractivity contribution is 5.95. The summed E-state index contributed by atoms with van der Waals surface area (Å²) in [7, 11) is 1.56. The van der Waals surface area contributed by atoms with Crippen LogP contribution in [-0.2, 0) is 0 Å². The van der Waals surface area contributed by atoms with Crippen molar-refractivity contribution in [1.82, 2.24) is 15.4 Å². The number of aromatic nitrogens is 2. The molecule has 166 valence electrons. The third-order valence-electron chi connectivity index (χ3n) is 4.63. The number of carbonyl (C=O) groups excluding carboxylic acids is 1. The minimum atomic E-state index is -0.348. The summed E-state index contributed by atoms with van der Waals surface area (Å²) in [4.78, 5) is 20.6. The van der Waals surface area contributed by atoms with Crippen LogP contribution in [0.2, 0.25) is 0 Å². The Morgan fingerprint density at radius 3 is 2.15 bits per heavy atom. The second-order valence-electron chi connectivity index (χ2n) is 6.86. The third-order valence-corrected chi connectivity index (χ3v) is 4.63. The molecule has 0 fully saturated rings. The van der Waals surface area contributed by atoms with Crippen LogP contribution >= 0.6 is 0 Å². The van der Waals surface area contributed by atoms with E-state index in [0.717, 1.165) is 11.4 Å². The van der Waals surface area contributed by atoms with Gasteiger partial charge in [-0.2, -0.15) is 0 Å². The van der Waals surface area contributed by atoms with Gasteiger partial charge in [0.05, 0.1) is 7.11 Å². The molecule has 0 aliphatic carbocycles. The van der Waals surface area contributed by atoms with Crippen LogP contribution < -0.4 is 31.4 Å². The number of para-hydroxylation sites is 1. The number of ether oxygens (including phenoxy) is 2. The number of nitrogens with one attached hydrogen (secondary N) is 3. The van der Waals surface area contributed by atoms with Gasteiger partial charge >= 0.3 is 0 Å². The lowest BCUT2D eigenvalue weighted by Gasteiger charge is -2.13. The maximum Gasteiger partial charge on any atom is 0.269 e. The van der Waals surface area contributed by atoms with Gasteiger partial charge in [-0.15, -0.1) is 0 Å². The first-order valence-corrected chi connectivity index (χ1v) is 10.0. The van der Waals surface area contributed by atoms with Gasteiger partial charge in [0.25, 0.3) is 5.91 Å². The van der Waals surface area contributed by atoms with Crippen molar-refractivity contribution in [3.63, 3.8) is 0 Å². The number of nitrogens with zero attached hydrogens (tertiary/aromatic N) is 2. The maximum atomic E-state index is 12.3. The van der Waals surface area contributed by atoms with Crippen LogP contribution in [0.4, 0.5) is 23.0 Å². The summed E-state index contributed by atoms with van der Waals surface area (Å²) in [5.41, 5.74) is 12.9. The van der Waals surface area contributed by atoms with E-state index >= 15 is 0 Å². The van der Waals surface area contributed by atoms with Crippen LogP contribution in [0.5, 0.6) is 17.2 Å². The van der Waals surface area contributed by atoms with Gasteiger partial charge in [-0.1, -0.05) is 18.2 Å². The molecule has 3 aromatic carbocycles.